The highest BCUT2D eigenvalue weighted by atomic mass is 32.2. The first kappa shape index (κ1) is 21.7. The molecule has 3 aromatic rings. The molecule has 0 aliphatic rings. The van der Waals surface area contributed by atoms with Gasteiger partial charge in [-0.3, -0.25) is 9.59 Å². The van der Waals surface area contributed by atoms with Gasteiger partial charge in [-0.1, -0.05) is 59.5 Å². The zero-order valence-electron chi connectivity index (χ0n) is 15.7. The number of halogens is 2. The van der Waals surface area contributed by atoms with Crippen molar-refractivity contribution in [2.24, 2.45) is 0 Å². The molecule has 0 aliphatic heterocycles. The fourth-order valence-corrected chi connectivity index (χ4v) is 4.31. The van der Waals surface area contributed by atoms with Crippen LogP contribution in [0.5, 0.6) is 0 Å². The molecule has 0 aliphatic carbocycles. The minimum atomic E-state index is -1.10. The Kier molecular flexibility index (Phi) is 7.31. The molecule has 1 aromatic heterocycles. The molecule has 0 saturated heterocycles. The number of aromatic nitrogens is 1. The number of carbonyl (C=O) groups is 2. The largest absolute Gasteiger partial charge is 0.352 e. The van der Waals surface area contributed by atoms with Gasteiger partial charge in [-0.25, -0.2) is 13.8 Å². The first-order chi connectivity index (χ1) is 14.5. The number of benzene rings is 2. The summed E-state index contributed by atoms with van der Waals surface area (Å²) in [5.74, 6) is -2.72. The van der Waals surface area contributed by atoms with Crippen molar-refractivity contribution in [3.8, 4) is 11.3 Å². The molecule has 1 heterocycles. The monoisotopic (exact) mass is 445 g/mol. The van der Waals surface area contributed by atoms with Gasteiger partial charge in [0.05, 0.1) is 5.75 Å². The smallest absolute Gasteiger partial charge is 0.256 e. The lowest BCUT2D eigenvalue weighted by molar-refractivity contribution is -0.118. The highest BCUT2D eigenvalue weighted by molar-refractivity contribution is 8.01. The minimum Gasteiger partial charge on any atom is -0.352 e. The molecular weight excluding hydrogens is 428 g/mol. The molecule has 0 radical (unpaired) electrons. The van der Waals surface area contributed by atoms with Crippen LogP contribution in [0.1, 0.15) is 10.4 Å². The van der Waals surface area contributed by atoms with Gasteiger partial charge >= 0.3 is 0 Å². The maximum Gasteiger partial charge on any atom is 0.256 e. The summed E-state index contributed by atoms with van der Waals surface area (Å²) in [6.45, 7) is 3.92. The van der Waals surface area contributed by atoms with Crippen LogP contribution >= 0.6 is 23.1 Å². The van der Waals surface area contributed by atoms with Gasteiger partial charge in [0.1, 0.15) is 10.7 Å². The van der Waals surface area contributed by atoms with Gasteiger partial charge in [-0.2, -0.15) is 0 Å². The van der Waals surface area contributed by atoms with E-state index in [1.807, 2.05) is 30.3 Å². The van der Waals surface area contributed by atoms with Crippen molar-refractivity contribution < 1.29 is 18.4 Å². The van der Waals surface area contributed by atoms with E-state index in [-0.39, 0.29) is 17.2 Å². The number of thiazole rings is 1. The van der Waals surface area contributed by atoms with Crippen molar-refractivity contribution in [2.75, 3.05) is 17.6 Å². The first-order valence-corrected chi connectivity index (χ1v) is 10.6. The molecule has 9 heteroatoms. The maximum absolute atomic E-state index is 13.5. The molecule has 0 unspecified atom stereocenters. The molecule has 154 valence electrons. The van der Waals surface area contributed by atoms with E-state index in [1.165, 1.54) is 29.2 Å². The Balaban J connectivity index is 1.83. The number of carbonyl (C=O) groups excluding carboxylic acids is 2. The van der Waals surface area contributed by atoms with Gasteiger partial charge in [0.15, 0.2) is 16.0 Å². The molecular formula is C21H17F2N3O2S2. The summed E-state index contributed by atoms with van der Waals surface area (Å²) < 4.78 is 27.2. The van der Waals surface area contributed by atoms with E-state index >= 15 is 0 Å². The number of amides is 2. The average molecular weight is 446 g/mol. The summed E-state index contributed by atoms with van der Waals surface area (Å²) in [5, 5.41) is 5.85. The predicted molar refractivity (Wildman–Crippen MR) is 116 cm³/mol. The molecule has 2 aromatic carbocycles. The Morgan fingerprint density at radius 1 is 1.13 bits per heavy atom. The molecule has 0 bridgehead atoms. The minimum absolute atomic E-state index is 0.0145. The zero-order chi connectivity index (χ0) is 21.5. The predicted octanol–water partition coefficient (Wildman–Crippen LogP) is 4.73. The van der Waals surface area contributed by atoms with Crippen LogP contribution in [0.25, 0.3) is 11.3 Å². The lowest BCUT2D eigenvalue weighted by Gasteiger charge is -2.06. The second-order valence-corrected chi connectivity index (χ2v) is 8.21. The second-order valence-electron chi connectivity index (χ2n) is 5.99. The normalized spacial score (nSPS) is 10.5. The maximum atomic E-state index is 13.5. The van der Waals surface area contributed by atoms with Crippen LogP contribution in [0, 0.1) is 11.6 Å². The lowest BCUT2D eigenvalue weighted by Crippen LogP contribution is -2.24. The summed E-state index contributed by atoms with van der Waals surface area (Å²) in [4.78, 5) is 28.9. The third kappa shape index (κ3) is 5.52. The SMILES string of the molecule is C=CCNC(=O)CSc1nc(-c2ccccc2)c(NC(=O)c2ccc(F)c(F)c2)s1. The Labute approximate surface area is 180 Å². The second kappa shape index (κ2) is 10.1. The Hall–Kier alpha value is -3.04. The van der Waals surface area contributed by atoms with Crippen molar-refractivity contribution in [3.05, 3.63) is 78.4 Å². The number of thioether (sulfide) groups is 1. The van der Waals surface area contributed by atoms with Gasteiger partial charge in [0.2, 0.25) is 5.91 Å². The quantitative estimate of drug-likeness (QED) is 0.388. The van der Waals surface area contributed by atoms with Crippen LogP contribution in [0.3, 0.4) is 0 Å². The summed E-state index contributed by atoms with van der Waals surface area (Å²) in [6.07, 6.45) is 1.59. The molecule has 0 spiro atoms. The number of nitrogens with one attached hydrogen (secondary N) is 2. The molecule has 3 rings (SSSR count). The number of rotatable bonds is 8. The van der Waals surface area contributed by atoms with E-state index in [9.17, 15) is 18.4 Å². The van der Waals surface area contributed by atoms with Gasteiger partial charge in [0, 0.05) is 17.7 Å². The van der Waals surface area contributed by atoms with E-state index in [1.54, 1.807) is 6.08 Å². The van der Waals surface area contributed by atoms with Crippen molar-refractivity contribution in [1.82, 2.24) is 10.3 Å². The molecule has 0 atom stereocenters. The Morgan fingerprint density at radius 3 is 2.60 bits per heavy atom. The third-order valence-electron chi connectivity index (χ3n) is 3.83. The third-order valence-corrected chi connectivity index (χ3v) is 5.95. The lowest BCUT2D eigenvalue weighted by atomic mass is 10.1. The fraction of sp³-hybridized carbons (Fsp3) is 0.0952. The summed E-state index contributed by atoms with van der Waals surface area (Å²) in [5.41, 5.74) is 1.29. The standard InChI is InChI=1S/C21H17F2N3O2S2/c1-2-10-24-17(27)12-29-21-25-18(13-6-4-3-5-7-13)20(30-21)26-19(28)14-8-9-15(22)16(23)11-14/h2-9,11H,1,10,12H2,(H,24,27)(H,26,28). The first-order valence-electron chi connectivity index (χ1n) is 8.81. The molecule has 0 fully saturated rings. The number of anilines is 1. The van der Waals surface area contributed by atoms with Crippen LogP contribution in [0.2, 0.25) is 0 Å². The van der Waals surface area contributed by atoms with E-state index < -0.39 is 17.5 Å². The molecule has 0 saturated carbocycles. The van der Waals surface area contributed by atoms with Crippen molar-refractivity contribution in [1.29, 1.82) is 0 Å². The number of hydrogen-bond acceptors (Lipinski definition) is 5. The fourth-order valence-electron chi connectivity index (χ4n) is 2.42. The number of nitrogens with zero attached hydrogens (tertiary/aromatic N) is 1. The van der Waals surface area contributed by atoms with Crippen LogP contribution in [-0.2, 0) is 4.79 Å². The van der Waals surface area contributed by atoms with Gasteiger partial charge in [0.25, 0.3) is 5.91 Å². The summed E-state index contributed by atoms with van der Waals surface area (Å²) in [6, 6.07) is 12.2. The van der Waals surface area contributed by atoms with E-state index in [0.717, 1.165) is 17.7 Å². The average Bonchev–Trinajstić information content (AvgIpc) is 3.15. The topological polar surface area (TPSA) is 71.1 Å². The van der Waals surface area contributed by atoms with Gasteiger partial charge < -0.3 is 10.6 Å². The summed E-state index contributed by atoms with van der Waals surface area (Å²) >= 11 is 2.44. The van der Waals surface area contributed by atoms with Gasteiger partial charge in [-0.15, -0.1) is 6.58 Å². The van der Waals surface area contributed by atoms with Crippen LogP contribution in [0.15, 0.2) is 65.5 Å². The van der Waals surface area contributed by atoms with E-state index in [4.69, 9.17) is 0 Å². The van der Waals surface area contributed by atoms with Gasteiger partial charge in [-0.05, 0) is 18.2 Å². The molecule has 2 amide bonds. The highest BCUT2D eigenvalue weighted by Gasteiger charge is 2.18. The van der Waals surface area contributed by atoms with Crippen LogP contribution < -0.4 is 10.6 Å². The van der Waals surface area contributed by atoms with Crippen molar-refractivity contribution in [2.45, 2.75) is 4.34 Å². The van der Waals surface area contributed by atoms with Crippen molar-refractivity contribution in [3.63, 3.8) is 0 Å². The summed E-state index contributed by atoms with van der Waals surface area (Å²) in [7, 11) is 0. The van der Waals surface area contributed by atoms with Crippen LogP contribution in [-0.4, -0.2) is 29.1 Å². The molecule has 30 heavy (non-hydrogen) atoms. The highest BCUT2D eigenvalue weighted by Crippen LogP contribution is 2.37. The van der Waals surface area contributed by atoms with E-state index in [2.05, 4.69) is 22.2 Å². The van der Waals surface area contributed by atoms with Crippen molar-refractivity contribution >= 4 is 39.9 Å². The van der Waals surface area contributed by atoms with Crippen LogP contribution in [0.4, 0.5) is 13.8 Å². The van der Waals surface area contributed by atoms with E-state index in [0.29, 0.717) is 21.6 Å². The Bertz CT molecular complexity index is 1070. The molecule has 5 nitrogen and oxygen atoms in total. The number of hydrogen-bond donors (Lipinski definition) is 2. The zero-order valence-corrected chi connectivity index (χ0v) is 17.3. The molecule has 2 N–H and O–H groups in total. The Morgan fingerprint density at radius 2 is 1.90 bits per heavy atom.